The van der Waals surface area contributed by atoms with E-state index < -0.39 is 0 Å². The van der Waals surface area contributed by atoms with E-state index in [0.717, 1.165) is 23.3 Å². The summed E-state index contributed by atoms with van der Waals surface area (Å²) in [6.07, 6.45) is 8.76. The number of carbonyl (C=O) groups excluding carboxylic acids is 2. The van der Waals surface area contributed by atoms with Crippen LogP contribution in [0.2, 0.25) is 0 Å². The molecule has 5 rings (SSSR count). The van der Waals surface area contributed by atoms with Crippen molar-refractivity contribution < 1.29 is 14.0 Å². The Hall–Kier alpha value is -1.91. The van der Waals surface area contributed by atoms with Gasteiger partial charge >= 0.3 is 0 Å². The van der Waals surface area contributed by atoms with Crippen molar-refractivity contribution in [2.45, 2.75) is 51.4 Å². The Morgan fingerprint density at radius 3 is 1.96 bits per heavy atom. The number of halogens is 1. The highest BCUT2D eigenvalue weighted by atomic mass is 19.1. The lowest BCUT2D eigenvalue weighted by Crippen LogP contribution is -2.48. The Kier molecular flexibility index (Phi) is 5.20. The predicted molar refractivity (Wildman–Crippen MR) is 101 cm³/mol. The second-order valence-corrected chi connectivity index (χ2v) is 9.10. The maximum Gasteiger partial charge on any atom is 0.224 e. The first kappa shape index (κ1) is 18.5. The van der Waals surface area contributed by atoms with Crippen molar-refractivity contribution in [2.24, 2.45) is 23.2 Å². The third-order valence-electron chi connectivity index (χ3n) is 6.75. The number of nitrogens with one attached hydrogen (secondary N) is 2. The van der Waals surface area contributed by atoms with Gasteiger partial charge in [0.05, 0.1) is 6.42 Å². The quantitative estimate of drug-likeness (QED) is 0.722. The Labute approximate surface area is 160 Å². The van der Waals surface area contributed by atoms with Gasteiger partial charge in [0.15, 0.2) is 0 Å². The van der Waals surface area contributed by atoms with Crippen molar-refractivity contribution in [1.82, 2.24) is 10.6 Å². The molecule has 2 amide bonds. The van der Waals surface area contributed by atoms with Crippen molar-refractivity contribution in [2.75, 3.05) is 13.1 Å². The second kappa shape index (κ2) is 7.61. The van der Waals surface area contributed by atoms with E-state index in [9.17, 15) is 14.0 Å². The highest BCUT2D eigenvalue weighted by Gasteiger charge is 2.51. The van der Waals surface area contributed by atoms with Gasteiger partial charge < -0.3 is 10.6 Å². The molecule has 146 valence electrons. The van der Waals surface area contributed by atoms with Crippen LogP contribution in [0.4, 0.5) is 4.39 Å². The van der Waals surface area contributed by atoms with Crippen LogP contribution < -0.4 is 10.6 Å². The minimum Gasteiger partial charge on any atom is -0.354 e. The molecule has 4 saturated carbocycles. The zero-order valence-electron chi connectivity index (χ0n) is 15.8. The van der Waals surface area contributed by atoms with Crippen molar-refractivity contribution in [1.29, 1.82) is 0 Å². The molecule has 0 heterocycles. The van der Waals surface area contributed by atoms with Crippen molar-refractivity contribution in [3.63, 3.8) is 0 Å². The Morgan fingerprint density at radius 1 is 0.889 bits per heavy atom. The SMILES string of the molecule is O=C(Cc1ccc(F)cc1)NCCNC(=O)CC12CC3CC(CC(C3)C1)C2. The van der Waals surface area contributed by atoms with E-state index in [1.165, 1.54) is 50.7 Å². The predicted octanol–water partition coefficient (Wildman–Crippen LogP) is 3.21. The normalized spacial score (nSPS) is 30.9. The summed E-state index contributed by atoms with van der Waals surface area (Å²) in [7, 11) is 0. The fraction of sp³-hybridized carbons (Fsp3) is 0.636. The number of hydrogen-bond donors (Lipinski definition) is 2. The van der Waals surface area contributed by atoms with E-state index in [1.54, 1.807) is 12.1 Å². The highest BCUT2D eigenvalue weighted by molar-refractivity contribution is 5.79. The van der Waals surface area contributed by atoms with Gasteiger partial charge in [-0.1, -0.05) is 12.1 Å². The Bertz CT molecular complexity index is 665. The van der Waals surface area contributed by atoms with Gasteiger partial charge in [-0.3, -0.25) is 9.59 Å². The summed E-state index contributed by atoms with van der Waals surface area (Å²) >= 11 is 0. The van der Waals surface area contributed by atoms with E-state index in [0.29, 0.717) is 19.5 Å². The Balaban J connectivity index is 1.16. The van der Waals surface area contributed by atoms with Gasteiger partial charge in [-0.2, -0.15) is 0 Å². The third kappa shape index (κ3) is 4.50. The summed E-state index contributed by atoms with van der Waals surface area (Å²) in [6, 6.07) is 5.94. The molecule has 2 N–H and O–H groups in total. The van der Waals surface area contributed by atoms with Gasteiger partial charge in [0.1, 0.15) is 5.82 Å². The first-order chi connectivity index (χ1) is 13.0. The van der Waals surface area contributed by atoms with Gasteiger partial charge in [0.25, 0.3) is 0 Å². The van der Waals surface area contributed by atoms with Crippen LogP contribution in [0.1, 0.15) is 50.5 Å². The van der Waals surface area contributed by atoms with E-state index in [2.05, 4.69) is 10.6 Å². The van der Waals surface area contributed by atoms with Crippen LogP contribution in [0.25, 0.3) is 0 Å². The van der Waals surface area contributed by atoms with Gasteiger partial charge in [-0.25, -0.2) is 4.39 Å². The topological polar surface area (TPSA) is 58.2 Å². The molecule has 27 heavy (non-hydrogen) atoms. The molecule has 0 atom stereocenters. The van der Waals surface area contributed by atoms with Crippen molar-refractivity contribution in [3.05, 3.63) is 35.6 Å². The number of rotatable bonds is 7. The lowest BCUT2D eigenvalue weighted by molar-refractivity contribution is -0.129. The molecule has 4 nitrogen and oxygen atoms in total. The van der Waals surface area contributed by atoms with Crippen molar-refractivity contribution >= 4 is 11.8 Å². The lowest BCUT2D eigenvalue weighted by atomic mass is 9.49. The standard InChI is InChI=1S/C22H29FN2O2/c23-19-3-1-15(2-4-19)10-20(26)24-5-6-25-21(27)14-22-11-16-7-17(12-22)9-18(8-16)13-22/h1-4,16-18H,5-14H2,(H,24,26)(H,25,27). The average Bonchev–Trinajstić information content (AvgIpc) is 2.59. The van der Waals surface area contributed by atoms with Crippen LogP contribution in [0.15, 0.2) is 24.3 Å². The monoisotopic (exact) mass is 372 g/mol. The van der Waals surface area contributed by atoms with Crippen LogP contribution in [-0.2, 0) is 16.0 Å². The molecule has 1 aromatic rings. The second-order valence-electron chi connectivity index (χ2n) is 9.10. The summed E-state index contributed by atoms with van der Waals surface area (Å²) < 4.78 is 12.9. The van der Waals surface area contributed by atoms with Gasteiger partial charge in [-0.05, 0) is 79.4 Å². The smallest absolute Gasteiger partial charge is 0.224 e. The van der Waals surface area contributed by atoms with Crippen LogP contribution >= 0.6 is 0 Å². The van der Waals surface area contributed by atoms with E-state index >= 15 is 0 Å². The summed E-state index contributed by atoms with van der Waals surface area (Å²) in [5.41, 5.74) is 1.03. The molecule has 0 unspecified atom stereocenters. The average molecular weight is 372 g/mol. The molecule has 4 fully saturated rings. The molecule has 0 radical (unpaired) electrons. The molecule has 0 saturated heterocycles. The third-order valence-corrected chi connectivity index (χ3v) is 6.75. The van der Waals surface area contributed by atoms with E-state index in [-0.39, 0.29) is 29.5 Å². The summed E-state index contributed by atoms with van der Waals surface area (Å²) in [5.74, 6) is 2.28. The number of amides is 2. The van der Waals surface area contributed by atoms with Crippen LogP contribution in [0.5, 0.6) is 0 Å². The zero-order chi connectivity index (χ0) is 18.9. The molecule has 4 aliphatic carbocycles. The number of carbonyl (C=O) groups is 2. The zero-order valence-corrected chi connectivity index (χ0v) is 15.8. The molecule has 4 bridgehead atoms. The summed E-state index contributed by atoms with van der Waals surface area (Å²) in [5, 5.41) is 5.79. The summed E-state index contributed by atoms with van der Waals surface area (Å²) in [6.45, 7) is 0.882. The fourth-order valence-electron chi connectivity index (χ4n) is 6.16. The maximum absolute atomic E-state index is 12.9. The maximum atomic E-state index is 12.9. The first-order valence-corrected chi connectivity index (χ1v) is 10.3. The number of benzene rings is 1. The largest absolute Gasteiger partial charge is 0.354 e. The molecular weight excluding hydrogens is 343 g/mol. The van der Waals surface area contributed by atoms with Crippen LogP contribution in [0, 0.1) is 29.0 Å². The first-order valence-electron chi connectivity index (χ1n) is 10.3. The lowest BCUT2D eigenvalue weighted by Gasteiger charge is -2.56. The molecule has 4 aliphatic rings. The van der Waals surface area contributed by atoms with Gasteiger partial charge in [0, 0.05) is 19.5 Å². The molecule has 0 aromatic heterocycles. The van der Waals surface area contributed by atoms with Crippen LogP contribution in [0.3, 0.4) is 0 Å². The highest BCUT2D eigenvalue weighted by Crippen LogP contribution is 2.61. The minimum absolute atomic E-state index is 0.114. The van der Waals surface area contributed by atoms with Crippen molar-refractivity contribution in [3.8, 4) is 0 Å². The molecule has 5 heteroatoms. The van der Waals surface area contributed by atoms with Gasteiger partial charge in [0.2, 0.25) is 11.8 Å². The Morgan fingerprint density at radius 2 is 1.41 bits per heavy atom. The minimum atomic E-state index is -0.305. The van der Waals surface area contributed by atoms with E-state index in [4.69, 9.17) is 0 Å². The number of hydrogen-bond acceptors (Lipinski definition) is 2. The molecule has 0 aliphatic heterocycles. The molecule has 0 spiro atoms. The molecular formula is C22H29FN2O2. The van der Waals surface area contributed by atoms with Crippen LogP contribution in [-0.4, -0.2) is 24.9 Å². The fourth-order valence-corrected chi connectivity index (χ4v) is 6.16. The van der Waals surface area contributed by atoms with E-state index in [1.807, 2.05) is 0 Å². The molecule has 1 aromatic carbocycles. The summed E-state index contributed by atoms with van der Waals surface area (Å²) in [4.78, 5) is 24.4. The van der Waals surface area contributed by atoms with Gasteiger partial charge in [-0.15, -0.1) is 0 Å².